The molecule has 0 unspecified atom stereocenters. The number of nitrogens with zero attached hydrogens (tertiary/aromatic N) is 3. The van der Waals surface area contributed by atoms with E-state index in [2.05, 4.69) is 15.4 Å². The summed E-state index contributed by atoms with van der Waals surface area (Å²) in [6.45, 7) is 1.93. The van der Waals surface area contributed by atoms with E-state index in [1.807, 2.05) is 19.1 Å². The normalized spacial score (nSPS) is 10.9. The molecule has 0 aliphatic carbocycles. The summed E-state index contributed by atoms with van der Waals surface area (Å²) in [6.07, 6.45) is 0. The minimum absolute atomic E-state index is 0.217. The molecule has 0 atom stereocenters. The fourth-order valence-electron chi connectivity index (χ4n) is 2.79. The smallest absolute Gasteiger partial charge is 0.356 e. The Hall–Kier alpha value is -4.07. The number of carbonyl (C=O) groups excluding carboxylic acids is 1. The van der Waals surface area contributed by atoms with Crippen molar-refractivity contribution >= 4 is 34.1 Å². The van der Waals surface area contributed by atoms with Gasteiger partial charge in [0.05, 0.1) is 10.9 Å². The summed E-state index contributed by atoms with van der Waals surface area (Å²) in [5, 5.41) is 15.9. The highest BCUT2D eigenvalue weighted by Gasteiger charge is 2.12. The van der Waals surface area contributed by atoms with Crippen LogP contribution in [0.4, 0.5) is 5.69 Å². The first-order valence-electron chi connectivity index (χ1n) is 8.37. The third-order valence-electron chi connectivity index (χ3n) is 4.26. The molecule has 2 aromatic carbocycles. The van der Waals surface area contributed by atoms with E-state index >= 15 is 0 Å². The molecule has 8 nitrogen and oxygen atoms in total. The molecule has 1 amide bonds. The number of hydrogen-bond donors (Lipinski definition) is 2. The number of benzene rings is 2. The van der Waals surface area contributed by atoms with E-state index in [1.54, 1.807) is 24.3 Å². The van der Waals surface area contributed by atoms with E-state index in [9.17, 15) is 14.4 Å². The number of anilines is 1. The molecule has 2 heterocycles. The van der Waals surface area contributed by atoms with Crippen LogP contribution >= 0.6 is 0 Å². The Morgan fingerprint density at radius 1 is 1.04 bits per heavy atom. The summed E-state index contributed by atoms with van der Waals surface area (Å²) in [5.74, 6) is -1.55. The monoisotopic (exact) mass is 374 g/mol. The fourth-order valence-corrected chi connectivity index (χ4v) is 2.79. The number of amides is 1. The molecule has 0 fully saturated rings. The van der Waals surface area contributed by atoms with Gasteiger partial charge in [0.25, 0.3) is 11.5 Å². The van der Waals surface area contributed by atoms with Gasteiger partial charge < -0.3 is 10.4 Å². The SMILES string of the molecule is Cc1ccc(C(=O)Nc2ccc3nc4ccc(C(=O)O)nn4c(=O)c3c2)cc1. The number of nitrogens with one attached hydrogen (secondary N) is 1. The third-order valence-corrected chi connectivity index (χ3v) is 4.26. The maximum Gasteiger partial charge on any atom is 0.356 e. The molecule has 0 spiro atoms. The summed E-state index contributed by atoms with van der Waals surface area (Å²) in [4.78, 5) is 40.6. The zero-order chi connectivity index (χ0) is 19.8. The minimum Gasteiger partial charge on any atom is -0.476 e. The summed E-state index contributed by atoms with van der Waals surface area (Å²) in [5.41, 5.74) is 1.83. The van der Waals surface area contributed by atoms with Crippen molar-refractivity contribution in [3.05, 3.63) is 81.8 Å². The standard InChI is InChI=1S/C20H14N4O4/c1-11-2-4-12(5-3-11)18(25)21-13-6-7-15-14(10-13)19(26)24-17(22-15)9-8-16(23-24)20(27)28/h2-10H,1H3,(H,21,25)(H,27,28). The average Bonchev–Trinajstić information content (AvgIpc) is 2.69. The first-order valence-corrected chi connectivity index (χ1v) is 8.37. The van der Waals surface area contributed by atoms with Crippen molar-refractivity contribution in [2.75, 3.05) is 5.32 Å². The Labute approximate surface area is 158 Å². The van der Waals surface area contributed by atoms with E-state index in [0.29, 0.717) is 16.8 Å². The maximum atomic E-state index is 12.8. The molecule has 4 aromatic rings. The molecule has 28 heavy (non-hydrogen) atoms. The highest BCUT2D eigenvalue weighted by Crippen LogP contribution is 2.17. The van der Waals surface area contributed by atoms with Gasteiger partial charge in [0.2, 0.25) is 0 Å². The average molecular weight is 374 g/mol. The number of aryl methyl sites for hydroxylation is 1. The van der Waals surface area contributed by atoms with Crippen LogP contribution in [0.1, 0.15) is 26.4 Å². The van der Waals surface area contributed by atoms with Crippen LogP contribution in [0.25, 0.3) is 16.6 Å². The molecule has 0 bridgehead atoms. The van der Waals surface area contributed by atoms with Crippen LogP contribution in [0.5, 0.6) is 0 Å². The molecule has 2 N–H and O–H groups in total. The Morgan fingerprint density at radius 2 is 1.79 bits per heavy atom. The first kappa shape index (κ1) is 17.3. The zero-order valence-corrected chi connectivity index (χ0v) is 14.7. The fraction of sp³-hybridized carbons (Fsp3) is 0.0500. The summed E-state index contributed by atoms with van der Waals surface area (Å²) >= 11 is 0. The van der Waals surface area contributed by atoms with Gasteiger partial charge in [0.15, 0.2) is 11.3 Å². The van der Waals surface area contributed by atoms with Crippen molar-refractivity contribution in [2.24, 2.45) is 0 Å². The molecule has 138 valence electrons. The highest BCUT2D eigenvalue weighted by atomic mass is 16.4. The Morgan fingerprint density at radius 3 is 2.50 bits per heavy atom. The molecule has 0 saturated heterocycles. The highest BCUT2D eigenvalue weighted by molar-refractivity contribution is 6.05. The van der Waals surface area contributed by atoms with Crippen molar-refractivity contribution in [3.63, 3.8) is 0 Å². The van der Waals surface area contributed by atoms with E-state index in [-0.39, 0.29) is 22.6 Å². The second-order valence-electron chi connectivity index (χ2n) is 6.26. The van der Waals surface area contributed by atoms with Gasteiger partial charge in [0, 0.05) is 11.3 Å². The van der Waals surface area contributed by atoms with Gasteiger partial charge in [-0.15, -0.1) is 0 Å². The maximum absolute atomic E-state index is 12.8. The molecule has 8 heteroatoms. The van der Waals surface area contributed by atoms with E-state index in [1.165, 1.54) is 18.2 Å². The van der Waals surface area contributed by atoms with Crippen LogP contribution in [0.3, 0.4) is 0 Å². The molecule has 0 aliphatic heterocycles. The molecule has 4 rings (SSSR count). The number of rotatable bonds is 3. The van der Waals surface area contributed by atoms with E-state index < -0.39 is 11.5 Å². The number of aromatic carboxylic acids is 1. The van der Waals surface area contributed by atoms with Gasteiger partial charge in [-0.1, -0.05) is 17.7 Å². The van der Waals surface area contributed by atoms with Gasteiger partial charge in [-0.2, -0.15) is 9.61 Å². The number of carbonyl (C=O) groups is 2. The van der Waals surface area contributed by atoms with Crippen molar-refractivity contribution in [1.82, 2.24) is 14.6 Å². The molecule has 0 aliphatic rings. The number of fused-ring (bicyclic) bond motifs is 2. The largest absolute Gasteiger partial charge is 0.476 e. The van der Waals surface area contributed by atoms with Crippen molar-refractivity contribution in [2.45, 2.75) is 6.92 Å². The molecule has 2 aromatic heterocycles. The predicted molar refractivity (Wildman–Crippen MR) is 103 cm³/mol. The lowest BCUT2D eigenvalue weighted by Gasteiger charge is -2.08. The number of aromatic nitrogens is 3. The molecule has 0 radical (unpaired) electrons. The van der Waals surface area contributed by atoms with Crippen LogP contribution < -0.4 is 10.9 Å². The van der Waals surface area contributed by atoms with Gasteiger partial charge in [-0.25, -0.2) is 9.78 Å². The molecule has 0 saturated carbocycles. The van der Waals surface area contributed by atoms with Crippen molar-refractivity contribution < 1.29 is 14.7 Å². The molecular weight excluding hydrogens is 360 g/mol. The van der Waals surface area contributed by atoms with Gasteiger partial charge in [-0.3, -0.25) is 9.59 Å². The zero-order valence-electron chi connectivity index (χ0n) is 14.7. The summed E-state index contributed by atoms with van der Waals surface area (Å²) in [7, 11) is 0. The Kier molecular flexibility index (Phi) is 4.08. The van der Waals surface area contributed by atoms with Crippen LogP contribution in [0, 0.1) is 6.92 Å². The lowest BCUT2D eigenvalue weighted by molar-refractivity contribution is 0.0688. The van der Waals surface area contributed by atoms with Crippen LogP contribution in [0.2, 0.25) is 0 Å². The minimum atomic E-state index is -1.24. The lowest BCUT2D eigenvalue weighted by atomic mass is 10.1. The number of carboxylic acid groups (broad SMARTS) is 1. The van der Waals surface area contributed by atoms with Crippen LogP contribution in [-0.2, 0) is 0 Å². The van der Waals surface area contributed by atoms with Crippen LogP contribution in [-0.4, -0.2) is 31.6 Å². The van der Waals surface area contributed by atoms with E-state index in [4.69, 9.17) is 5.11 Å². The van der Waals surface area contributed by atoms with Gasteiger partial charge in [0.1, 0.15) is 0 Å². The van der Waals surface area contributed by atoms with Crippen molar-refractivity contribution in [3.8, 4) is 0 Å². The van der Waals surface area contributed by atoms with Crippen LogP contribution in [0.15, 0.2) is 59.4 Å². The Bertz CT molecular complexity index is 1310. The predicted octanol–water partition coefficient (Wildman–Crippen LogP) is 2.50. The Balaban J connectivity index is 1.77. The molecular formula is C20H14N4O4. The third kappa shape index (κ3) is 3.07. The van der Waals surface area contributed by atoms with E-state index in [0.717, 1.165) is 10.1 Å². The topological polar surface area (TPSA) is 114 Å². The van der Waals surface area contributed by atoms with Gasteiger partial charge in [-0.05, 0) is 49.4 Å². The quantitative estimate of drug-likeness (QED) is 0.533. The number of hydrogen-bond acceptors (Lipinski definition) is 5. The second-order valence-corrected chi connectivity index (χ2v) is 6.26. The van der Waals surface area contributed by atoms with Gasteiger partial charge >= 0.3 is 5.97 Å². The second kappa shape index (κ2) is 6.58. The van der Waals surface area contributed by atoms with Crippen molar-refractivity contribution in [1.29, 1.82) is 0 Å². The summed E-state index contributed by atoms with van der Waals surface area (Å²) < 4.78 is 0.942. The summed E-state index contributed by atoms with van der Waals surface area (Å²) in [6, 6.07) is 14.6. The lowest BCUT2D eigenvalue weighted by Crippen LogP contribution is -2.20. The first-order chi connectivity index (χ1) is 13.4. The number of carboxylic acids is 1.